The molecule has 0 aliphatic rings. The van der Waals surface area contributed by atoms with Gasteiger partial charge in [0.05, 0.1) is 6.61 Å². The third kappa shape index (κ3) is 5.99. The van der Waals surface area contributed by atoms with Gasteiger partial charge in [-0.15, -0.1) is 0 Å². The van der Waals surface area contributed by atoms with E-state index in [1.165, 1.54) is 0 Å². The Bertz CT molecular complexity index is 635. The zero-order valence-electron chi connectivity index (χ0n) is 13.9. The molecule has 0 bridgehead atoms. The fraction of sp³-hybridized carbons (Fsp3) is 0.350. The van der Waals surface area contributed by atoms with Gasteiger partial charge in [-0.05, 0) is 54.7 Å². The Morgan fingerprint density at radius 2 is 1.71 bits per heavy atom. The Balaban J connectivity index is 1.88. The first-order chi connectivity index (χ1) is 11.6. The first-order valence-electron chi connectivity index (χ1n) is 8.19. The van der Waals surface area contributed by atoms with Gasteiger partial charge in [0.2, 0.25) is 0 Å². The molecule has 0 saturated carbocycles. The smallest absolute Gasteiger partial charge is 0.137 e. The molecule has 1 N–H and O–H groups in total. The second-order valence-corrected chi connectivity index (χ2v) is 6.31. The highest BCUT2D eigenvalue weighted by atomic mass is 35.5. The number of rotatable bonds is 9. The van der Waals surface area contributed by atoms with Gasteiger partial charge in [-0.25, -0.2) is 0 Å². The Hall–Kier alpha value is -1.84. The Labute approximate surface area is 148 Å². The van der Waals surface area contributed by atoms with E-state index in [1.54, 1.807) is 12.1 Å². The lowest BCUT2D eigenvalue weighted by Crippen LogP contribution is -2.16. The number of aliphatic hydroxyl groups is 1. The summed E-state index contributed by atoms with van der Waals surface area (Å²) in [5.41, 5.74) is 2.04. The molecule has 128 valence electrons. The summed E-state index contributed by atoms with van der Waals surface area (Å²) in [7, 11) is 0. The molecule has 2 aromatic rings. The van der Waals surface area contributed by atoms with Crippen molar-refractivity contribution in [3.05, 3.63) is 64.7 Å². The van der Waals surface area contributed by atoms with E-state index >= 15 is 0 Å². The van der Waals surface area contributed by atoms with E-state index in [0.717, 1.165) is 16.9 Å². The molecule has 0 saturated heterocycles. The Morgan fingerprint density at radius 1 is 1.08 bits per heavy atom. The highest BCUT2D eigenvalue weighted by Gasteiger charge is 2.14. The van der Waals surface area contributed by atoms with Gasteiger partial charge in [-0.2, -0.15) is 0 Å². The summed E-state index contributed by atoms with van der Waals surface area (Å²) in [6, 6.07) is 15.1. The van der Waals surface area contributed by atoms with Crippen LogP contribution in [0.5, 0.6) is 5.75 Å². The molecule has 0 radical (unpaired) electrons. The number of Topliss-reactive ketones (excluding diaryl/α,β-unsaturated/α-hetero) is 1. The third-order valence-corrected chi connectivity index (χ3v) is 4.10. The van der Waals surface area contributed by atoms with Crippen molar-refractivity contribution in [1.82, 2.24) is 0 Å². The van der Waals surface area contributed by atoms with Crippen molar-refractivity contribution in [2.45, 2.75) is 26.2 Å². The lowest BCUT2D eigenvalue weighted by atomic mass is 9.93. The van der Waals surface area contributed by atoms with Crippen LogP contribution in [0, 0.1) is 5.92 Å². The molecule has 0 aromatic heterocycles. The number of hydrogen-bond acceptors (Lipinski definition) is 3. The van der Waals surface area contributed by atoms with Gasteiger partial charge < -0.3 is 9.84 Å². The molecule has 0 aliphatic carbocycles. The summed E-state index contributed by atoms with van der Waals surface area (Å²) < 4.78 is 5.42. The Morgan fingerprint density at radius 3 is 2.29 bits per heavy atom. The molecule has 0 fully saturated rings. The predicted molar refractivity (Wildman–Crippen MR) is 96.7 cm³/mol. The molecule has 0 aliphatic heterocycles. The minimum Gasteiger partial charge on any atom is -0.494 e. The van der Waals surface area contributed by atoms with Crippen LogP contribution in [0.4, 0.5) is 0 Å². The molecule has 1 atom stereocenters. The molecule has 1 unspecified atom stereocenters. The SMILES string of the molecule is CCOc1ccc(CC(CO)CC(=O)Cc2ccc(Cl)cc2)cc1. The number of ketones is 1. The molecular formula is C20H23ClO3. The summed E-state index contributed by atoms with van der Waals surface area (Å²) >= 11 is 5.85. The molecule has 24 heavy (non-hydrogen) atoms. The highest BCUT2D eigenvalue weighted by Crippen LogP contribution is 2.18. The van der Waals surface area contributed by atoms with Crippen LogP contribution in [-0.4, -0.2) is 24.1 Å². The molecule has 0 amide bonds. The van der Waals surface area contributed by atoms with Gasteiger partial charge in [-0.1, -0.05) is 35.9 Å². The van der Waals surface area contributed by atoms with Crippen LogP contribution >= 0.6 is 11.6 Å². The fourth-order valence-electron chi connectivity index (χ4n) is 2.65. The standard InChI is InChI=1S/C20H23ClO3/c1-2-24-20-9-5-15(6-10-20)11-17(14-22)13-19(23)12-16-3-7-18(21)8-4-16/h3-10,17,22H,2,11-14H2,1H3. The topological polar surface area (TPSA) is 46.5 Å². The summed E-state index contributed by atoms with van der Waals surface area (Å²) in [4.78, 5) is 12.2. The Kier molecular flexibility index (Phi) is 7.29. The monoisotopic (exact) mass is 346 g/mol. The van der Waals surface area contributed by atoms with Gasteiger partial charge in [0, 0.05) is 24.5 Å². The van der Waals surface area contributed by atoms with E-state index in [0.29, 0.717) is 30.9 Å². The normalized spacial score (nSPS) is 12.0. The number of hydrogen-bond donors (Lipinski definition) is 1. The number of ether oxygens (including phenoxy) is 1. The minimum absolute atomic E-state index is 0.000427. The second kappa shape index (κ2) is 9.45. The molecular weight excluding hydrogens is 324 g/mol. The summed E-state index contributed by atoms with van der Waals surface area (Å²) in [5.74, 6) is 0.894. The van der Waals surface area contributed by atoms with Crippen molar-refractivity contribution in [2.24, 2.45) is 5.92 Å². The quantitative estimate of drug-likeness (QED) is 0.743. The molecule has 2 rings (SSSR count). The molecule has 3 nitrogen and oxygen atoms in total. The number of aliphatic hydroxyl groups excluding tert-OH is 1. The highest BCUT2D eigenvalue weighted by molar-refractivity contribution is 6.30. The molecule has 0 heterocycles. The third-order valence-electron chi connectivity index (χ3n) is 3.85. The van der Waals surface area contributed by atoms with Crippen LogP contribution in [0.25, 0.3) is 0 Å². The van der Waals surface area contributed by atoms with Crippen molar-refractivity contribution in [2.75, 3.05) is 13.2 Å². The van der Waals surface area contributed by atoms with E-state index in [4.69, 9.17) is 16.3 Å². The van der Waals surface area contributed by atoms with Gasteiger partial charge in [0.15, 0.2) is 0 Å². The predicted octanol–water partition coefficient (Wildman–Crippen LogP) is 4.09. The number of carbonyl (C=O) groups is 1. The van der Waals surface area contributed by atoms with Crippen molar-refractivity contribution >= 4 is 17.4 Å². The van der Waals surface area contributed by atoms with Crippen LogP contribution in [0.2, 0.25) is 5.02 Å². The maximum absolute atomic E-state index is 12.2. The van der Waals surface area contributed by atoms with Gasteiger partial charge in [0.25, 0.3) is 0 Å². The maximum Gasteiger partial charge on any atom is 0.137 e. The zero-order valence-corrected chi connectivity index (χ0v) is 14.6. The van der Waals surface area contributed by atoms with E-state index in [1.807, 2.05) is 43.3 Å². The van der Waals surface area contributed by atoms with Gasteiger partial charge in [0.1, 0.15) is 11.5 Å². The average Bonchev–Trinajstić information content (AvgIpc) is 2.58. The van der Waals surface area contributed by atoms with Crippen molar-refractivity contribution in [1.29, 1.82) is 0 Å². The first-order valence-corrected chi connectivity index (χ1v) is 8.57. The van der Waals surface area contributed by atoms with Crippen LogP contribution < -0.4 is 4.74 Å². The zero-order chi connectivity index (χ0) is 17.4. The van der Waals surface area contributed by atoms with E-state index in [9.17, 15) is 9.90 Å². The second-order valence-electron chi connectivity index (χ2n) is 5.88. The minimum atomic E-state index is -0.0669. The van der Waals surface area contributed by atoms with E-state index < -0.39 is 0 Å². The van der Waals surface area contributed by atoms with Gasteiger partial charge in [-0.3, -0.25) is 4.79 Å². The lowest BCUT2D eigenvalue weighted by molar-refractivity contribution is -0.119. The summed E-state index contributed by atoms with van der Waals surface area (Å²) in [6.07, 6.45) is 1.42. The largest absolute Gasteiger partial charge is 0.494 e. The van der Waals surface area contributed by atoms with E-state index in [-0.39, 0.29) is 18.3 Å². The van der Waals surface area contributed by atoms with Crippen LogP contribution in [0.15, 0.2) is 48.5 Å². The fourth-order valence-corrected chi connectivity index (χ4v) is 2.77. The maximum atomic E-state index is 12.2. The number of carbonyl (C=O) groups excluding carboxylic acids is 1. The van der Waals surface area contributed by atoms with Crippen LogP contribution in [0.1, 0.15) is 24.5 Å². The molecule has 0 spiro atoms. The molecule has 2 aromatic carbocycles. The summed E-state index contributed by atoms with van der Waals surface area (Å²) in [6.45, 7) is 2.58. The van der Waals surface area contributed by atoms with Gasteiger partial charge >= 0.3 is 0 Å². The van der Waals surface area contributed by atoms with Crippen LogP contribution in [0.3, 0.4) is 0 Å². The summed E-state index contributed by atoms with van der Waals surface area (Å²) in [5, 5.41) is 10.2. The van der Waals surface area contributed by atoms with Crippen molar-refractivity contribution in [3.63, 3.8) is 0 Å². The van der Waals surface area contributed by atoms with Crippen LogP contribution in [-0.2, 0) is 17.6 Å². The lowest BCUT2D eigenvalue weighted by Gasteiger charge is -2.14. The number of halogens is 1. The number of benzene rings is 2. The van der Waals surface area contributed by atoms with Crippen molar-refractivity contribution in [3.8, 4) is 5.75 Å². The first kappa shape index (κ1) is 18.5. The van der Waals surface area contributed by atoms with Crippen molar-refractivity contribution < 1.29 is 14.6 Å². The average molecular weight is 347 g/mol. The van der Waals surface area contributed by atoms with E-state index in [2.05, 4.69) is 0 Å². The molecule has 4 heteroatoms.